The molecule has 1 amide bonds. The molecule has 126 valence electrons. The highest BCUT2D eigenvalue weighted by molar-refractivity contribution is 8.01. The quantitative estimate of drug-likeness (QED) is 0.855. The van der Waals surface area contributed by atoms with Crippen molar-refractivity contribution in [2.45, 2.75) is 17.3 Å². The van der Waals surface area contributed by atoms with Gasteiger partial charge in [-0.2, -0.15) is 0 Å². The number of hydrogen-bond acceptors (Lipinski definition) is 4. The summed E-state index contributed by atoms with van der Waals surface area (Å²) in [5, 5.41) is 0. The summed E-state index contributed by atoms with van der Waals surface area (Å²) in [6.45, 7) is 1.43. The molecule has 2 saturated heterocycles. The maximum absolute atomic E-state index is 13.6. The van der Waals surface area contributed by atoms with Gasteiger partial charge in [0.2, 0.25) is 0 Å². The van der Waals surface area contributed by atoms with Crippen molar-refractivity contribution >= 4 is 17.7 Å². The van der Waals surface area contributed by atoms with Crippen LogP contribution in [0.2, 0.25) is 0 Å². The first-order valence-electron chi connectivity index (χ1n) is 7.88. The second kappa shape index (κ2) is 5.81. The molecule has 2 aliphatic heterocycles. The lowest BCUT2D eigenvalue weighted by Gasteiger charge is -2.47. The maximum atomic E-state index is 13.6. The predicted molar refractivity (Wildman–Crippen MR) is 89.7 cm³/mol. The monoisotopic (exact) mass is 347 g/mol. The molecule has 2 aromatic heterocycles. The SMILES string of the molecule is Cn1cccc1C(=O)N1CC2(C[C@H](Oc3ncccc3F)CS2)C1. The molecule has 0 unspecified atom stereocenters. The van der Waals surface area contributed by atoms with Crippen LogP contribution in [0.1, 0.15) is 16.9 Å². The Morgan fingerprint density at radius 3 is 2.96 bits per heavy atom. The molecule has 0 radical (unpaired) electrons. The van der Waals surface area contributed by atoms with Gasteiger partial charge in [0.25, 0.3) is 11.8 Å². The number of hydrogen-bond donors (Lipinski definition) is 0. The lowest BCUT2D eigenvalue weighted by Crippen LogP contribution is -2.61. The number of halogens is 1. The molecule has 5 nitrogen and oxygen atoms in total. The van der Waals surface area contributed by atoms with Crippen LogP contribution in [-0.2, 0) is 7.05 Å². The number of nitrogens with zero attached hydrogens (tertiary/aromatic N) is 3. The van der Waals surface area contributed by atoms with E-state index in [4.69, 9.17) is 4.74 Å². The third kappa shape index (κ3) is 2.66. The van der Waals surface area contributed by atoms with Gasteiger partial charge in [-0.25, -0.2) is 9.37 Å². The zero-order valence-electron chi connectivity index (χ0n) is 13.3. The van der Waals surface area contributed by atoms with Gasteiger partial charge in [-0.15, -0.1) is 11.8 Å². The van der Waals surface area contributed by atoms with Crippen LogP contribution in [0.15, 0.2) is 36.7 Å². The molecular weight excluding hydrogens is 329 g/mol. The van der Waals surface area contributed by atoms with Gasteiger partial charge in [-0.05, 0) is 24.3 Å². The summed E-state index contributed by atoms with van der Waals surface area (Å²) in [5.41, 5.74) is 0.705. The number of aryl methyl sites for hydroxylation is 1. The summed E-state index contributed by atoms with van der Waals surface area (Å²) in [6, 6.07) is 6.61. The normalized spacial score (nSPS) is 21.8. The largest absolute Gasteiger partial charge is 0.471 e. The molecule has 1 spiro atoms. The average Bonchev–Trinajstić information content (AvgIpc) is 3.14. The Hall–Kier alpha value is -2.02. The molecule has 0 N–H and O–H groups in total. The number of aromatic nitrogens is 2. The molecule has 0 saturated carbocycles. The third-order valence-electron chi connectivity index (χ3n) is 4.59. The Bertz CT molecular complexity index is 773. The van der Waals surface area contributed by atoms with Crippen molar-refractivity contribution < 1.29 is 13.9 Å². The first kappa shape index (κ1) is 15.5. The third-order valence-corrected chi connectivity index (χ3v) is 6.16. The first-order chi connectivity index (χ1) is 11.6. The van der Waals surface area contributed by atoms with E-state index in [1.54, 1.807) is 6.07 Å². The smallest absolute Gasteiger partial charge is 0.270 e. The summed E-state index contributed by atoms with van der Waals surface area (Å²) in [4.78, 5) is 18.3. The highest BCUT2D eigenvalue weighted by Crippen LogP contribution is 2.46. The average molecular weight is 347 g/mol. The summed E-state index contributed by atoms with van der Waals surface area (Å²) in [6.07, 6.45) is 4.15. The number of rotatable bonds is 3. The fourth-order valence-electron chi connectivity index (χ4n) is 3.35. The highest BCUT2D eigenvalue weighted by atomic mass is 32.2. The second-order valence-corrected chi connectivity index (χ2v) is 7.88. The van der Waals surface area contributed by atoms with Crippen molar-refractivity contribution in [1.29, 1.82) is 0 Å². The van der Waals surface area contributed by atoms with Crippen LogP contribution < -0.4 is 4.74 Å². The van der Waals surface area contributed by atoms with Gasteiger partial charge >= 0.3 is 0 Å². The molecule has 4 heterocycles. The van der Waals surface area contributed by atoms with Gasteiger partial charge in [0.05, 0.1) is 4.75 Å². The van der Waals surface area contributed by atoms with Crippen LogP contribution in [0.3, 0.4) is 0 Å². The highest BCUT2D eigenvalue weighted by Gasteiger charge is 2.51. The zero-order chi connectivity index (χ0) is 16.7. The van der Waals surface area contributed by atoms with E-state index in [1.165, 1.54) is 12.3 Å². The topological polar surface area (TPSA) is 47.4 Å². The molecule has 1 atom stereocenters. The van der Waals surface area contributed by atoms with Crippen molar-refractivity contribution in [3.05, 3.63) is 48.2 Å². The van der Waals surface area contributed by atoms with Crippen molar-refractivity contribution in [2.24, 2.45) is 7.05 Å². The fourth-order valence-corrected chi connectivity index (χ4v) is 4.88. The predicted octanol–water partition coefficient (Wildman–Crippen LogP) is 2.34. The Morgan fingerprint density at radius 1 is 1.42 bits per heavy atom. The number of pyridine rings is 1. The minimum atomic E-state index is -0.433. The molecule has 24 heavy (non-hydrogen) atoms. The lowest BCUT2D eigenvalue weighted by molar-refractivity contribution is 0.0504. The molecule has 0 aliphatic carbocycles. The standard InChI is InChI=1S/C17H18FN3O2S/c1-20-7-3-5-14(20)16(22)21-10-17(11-21)8-12(9-24-17)23-15-13(18)4-2-6-19-15/h2-7,12H,8-11H2,1H3/t12-/m0/s1. The van der Waals surface area contributed by atoms with Gasteiger partial charge in [0.15, 0.2) is 5.82 Å². The molecule has 4 rings (SSSR count). The molecule has 2 fully saturated rings. The van der Waals surface area contributed by atoms with E-state index in [0.717, 1.165) is 12.2 Å². The molecule has 2 aromatic rings. The molecule has 0 bridgehead atoms. The van der Waals surface area contributed by atoms with E-state index in [9.17, 15) is 9.18 Å². The van der Waals surface area contributed by atoms with Gasteiger partial charge in [-0.1, -0.05) is 0 Å². The van der Waals surface area contributed by atoms with Crippen LogP contribution in [0.25, 0.3) is 0 Å². The molecule has 7 heteroatoms. The maximum Gasteiger partial charge on any atom is 0.270 e. The fraction of sp³-hybridized carbons (Fsp3) is 0.412. The van der Waals surface area contributed by atoms with Crippen LogP contribution >= 0.6 is 11.8 Å². The lowest BCUT2D eigenvalue weighted by atomic mass is 9.92. The number of amides is 1. The summed E-state index contributed by atoms with van der Waals surface area (Å²) >= 11 is 1.81. The number of carbonyl (C=O) groups is 1. The molecular formula is C17H18FN3O2S. The Kier molecular flexibility index (Phi) is 3.75. The zero-order valence-corrected chi connectivity index (χ0v) is 14.1. The number of likely N-dealkylation sites (tertiary alicyclic amines) is 1. The number of carbonyl (C=O) groups excluding carboxylic acids is 1. The molecule has 0 aromatic carbocycles. The number of thioether (sulfide) groups is 1. The van der Waals surface area contributed by atoms with E-state index in [0.29, 0.717) is 18.8 Å². The van der Waals surface area contributed by atoms with Gasteiger partial charge in [0.1, 0.15) is 11.8 Å². The van der Waals surface area contributed by atoms with Crippen molar-refractivity contribution in [1.82, 2.24) is 14.5 Å². The van der Waals surface area contributed by atoms with Crippen molar-refractivity contribution in [3.8, 4) is 5.88 Å². The van der Waals surface area contributed by atoms with Gasteiger partial charge in [-0.3, -0.25) is 4.79 Å². The number of ether oxygens (including phenoxy) is 1. The van der Waals surface area contributed by atoms with E-state index in [-0.39, 0.29) is 22.6 Å². The van der Waals surface area contributed by atoms with Crippen LogP contribution in [0.4, 0.5) is 4.39 Å². The van der Waals surface area contributed by atoms with E-state index in [1.807, 2.05) is 46.6 Å². The van der Waals surface area contributed by atoms with Gasteiger partial charge < -0.3 is 14.2 Å². The van der Waals surface area contributed by atoms with E-state index < -0.39 is 5.82 Å². The van der Waals surface area contributed by atoms with Crippen LogP contribution in [-0.4, -0.2) is 50.1 Å². The van der Waals surface area contributed by atoms with Crippen LogP contribution in [0, 0.1) is 5.82 Å². The Morgan fingerprint density at radius 2 is 2.25 bits per heavy atom. The van der Waals surface area contributed by atoms with Crippen molar-refractivity contribution in [3.63, 3.8) is 0 Å². The molecule has 2 aliphatic rings. The summed E-state index contributed by atoms with van der Waals surface area (Å²) < 4.78 is 21.2. The van der Waals surface area contributed by atoms with E-state index in [2.05, 4.69) is 4.98 Å². The minimum absolute atomic E-state index is 0.0384. The minimum Gasteiger partial charge on any atom is -0.471 e. The first-order valence-corrected chi connectivity index (χ1v) is 8.87. The summed E-state index contributed by atoms with van der Waals surface area (Å²) in [5.74, 6) is 0.491. The Labute approximate surface area is 143 Å². The van der Waals surface area contributed by atoms with Crippen molar-refractivity contribution in [2.75, 3.05) is 18.8 Å². The Balaban J connectivity index is 1.36. The second-order valence-electron chi connectivity index (χ2n) is 6.39. The van der Waals surface area contributed by atoms with Gasteiger partial charge in [0, 0.05) is 44.7 Å². The summed E-state index contributed by atoms with van der Waals surface area (Å²) in [7, 11) is 1.87. The van der Waals surface area contributed by atoms with E-state index >= 15 is 0 Å². The van der Waals surface area contributed by atoms with Crippen LogP contribution in [0.5, 0.6) is 5.88 Å².